The van der Waals surface area contributed by atoms with Gasteiger partial charge in [-0.2, -0.15) is 0 Å². The SMILES string of the molecule is COCCC1COC2(CCN(Cc3cccnc3)CC2)C1. The van der Waals surface area contributed by atoms with Crippen molar-refractivity contribution in [2.75, 3.05) is 33.4 Å². The number of pyridine rings is 1. The molecule has 1 aromatic heterocycles. The van der Waals surface area contributed by atoms with Crippen LogP contribution in [-0.4, -0.2) is 48.9 Å². The third-order valence-corrected chi connectivity index (χ3v) is 4.91. The highest BCUT2D eigenvalue weighted by molar-refractivity contribution is 5.08. The monoisotopic (exact) mass is 290 g/mol. The lowest BCUT2D eigenvalue weighted by Gasteiger charge is -2.38. The fourth-order valence-corrected chi connectivity index (χ4v) is 3.63. The Morgan fingerprint density at radius 1 is 1.43 bits per heavy atom. The van der Waals surface area contributed by atoms with Gasteiger partial charge in [0, 0.05) is 45.7 Å². The van der Waals surface area contributed by atoms with Gasteiger partial charge in [0.2, 0.25) is 0 Å². The van der Waals surface area contributed by atoms with Gasteiger partial charge in [-0.25, -0.2) is 0 Å². The molecule has 0 aliphatic carbocycles. The standard InChI is InChI=1S/C17H26N2O2/c1-20-10-4-15-11-17(21-14-15)5-8-19(9-6-17)13-16-3-2-7-18-12-16/h2-3,7,12,15H,4-6,8-11,13-14H2,1H3. The zero-order valence-corrected chi connectivity index (χ0v) is 13.0. The normalized spacial score (nSPS) is 25.5. The summed E-state index contributed by atoms with van der Waals surface area (Å²) in [6.07, 6.45) is 8.49. The average molecular weight is 290 g/mol. The van der Waals surface area contributed by atoms with E-state index in [1.807, 2.05) is 18.5 Å². The molecule has 4 nitrogen and oxygen atoms in total. The number of hydrogen-bond acceptors (Lipinski definition) is 4. The highest BCUT2D eigenvalue weighted by atomic mass is 16.5. The maximum absolute atomic E-state index is 6.20. The van der Waals surface area contributed by atoms with E-state index in [0.717, 1.165) is 52.1 Å². The minimum absolute atomic E-state index is 0.157. The number of ether oxygens (including phenoxy) is 2. The van der Waals surface area contributed by atoms with Crippen molar-refractivity contribution < 1.29 is 9.47 Å². The Balaban J connectivity index is 1.47. The molecule has 1 atom stereocenters. The van der Waals surface area contributed by atoms with Crippen LogP contribution < -0.4 is 0 Å². The summed E-state index contributed by atoms with van der Waals surface area (Å²) in [5.74, 6) is 0.690. The summed E-state index contributed by atoms with van der Waals surface area (Å²) < 4.78 is 11.4. The maximum Gasteiger partial charge on any atom is 0.0710 e. The zero-order valence-electron chi connectivity index (χ0n) is 13.0. The molecule has 0 N–H and O–H groups in total. The summed E-state index contributed by atoms with van der Waals surface area (Å²) in [6, 6.07) is 4.17. The smallest absolute Gasteiger partial charge is 0.0710 e. The first-order chi connectivity index (χ1) is 10.3. The van der Waals surface area contributed by atoms with Crippen LogP contribution >= 0.6 is 0 Å². The lowest BCUT2D eigenvalue weighted by atomic mass is 9.84. The van der Waals surface area contributed by atoms with Crippen LogP contribution in [0.15, 0.2) is 24.5 Å². The molecule has 0 saturated carbocycles. The first-order valence-corrected chi connectivity index (χ1v) is 8.04. The molecule has 0 bridgehead atoms. The average Bonchev–Trinajstić information content (AvgIpc) is 2.92. The van der Waals surface area contributed by atoms with Crippen LogP contribution in [0.3, 0.4) is 0 Å². The molecule has 2 saturated heterocycles. The van der Waals surface area contributed by atoms with E-state index in [2.05, 4.69) is 16.0 Å². The van der Waals surface area contributed by atoms with E-state index in [-0.39, 0.29) is 5.60 Å². The largest absolute Gasteiger partial charge is 0.385 e. The van der Waals surface area contributed by atoms with Crippen LogP contribution in [0.25, 0.3) is 0 Å². The van der Waals surface area contributed by atoms with E-state index in [4.69, 9.17) is 9.47 Å². The van der Waals surface area contributed by atoms with Crippen LogP contribution in [0, 0.1) is 5.92 Å². The van der Waals surface area contributed by atoms with Crippen molar-refractivity contribution in [3.8, 4) is 0 Å². The summed E-state index contributed by atoms with van der Waals surface area (Å²) in [5.41, 5.74) is 1.46. The predicted molar refractivity (Wildman–Crippen MR) is 82.0 cm³/mol. The summed E-state index contributed by atoms with van der Waals surface area (Å²) >= 11 is 0. The van der Waals surface area contributed by atoms with E-state index in [9.17, 15) is 0 Å². The van der Waals surface area contributed by atoms with Crippen molar-refractivity contribution in [1.82, 2.24) is 9.88 Å². The molecule has 2 fully saturated rings. The summed E-state index contributed by atoms with van der Waals surface area (Å²) in [5, 5.41) is 0. The van der Waals surface area contributed by atoms with Crippen molar-refractivity contribution in [1.29, 1.82) is 0 Å². The van der Waals surface area contributed by atoms with Gasteiger partial charge in [-0.15, -0.1) is 0 Å². The van der Waals surface area contributed by atoms with Crippen LogP contribution in [-0.2, 0) is 16.0 Å². The van der Waals surface area contributed by atoms with Gasteiger partial charge in [-0.3, -0.25) is 9.88 Å². The molecule has 2 aliphatic heterocycles. The van der Waals surface area contributed by atoms with Crippen LogP contribution in [0.5, 0.6) is 0 Å². The van der Waals surface area contributed by atoms with Crippen molar-refractivity contribution >= 4 is 0 Å². The fourth-order valence-electron chi connectivity index (χ4n) is 3.63. The molecular formula is C17H26N2O2. The third kappa shape index (κ3) is 3.82. The summed E-state index contributed by atoms with van der Waals surface area (Å²) in [7, 11) is 1.78. The lowest BCUT2D eigenvalue weighted by Crippen LogP contribution is -2.43. The second-order valence-electron chi connectivity index (χ2n) is 6.48. The number of hydrogen-bond donors (Lipinski definition) is 0. The minimum Gasteiger partial charge on any atom is -0.385 e. The van der Waals surface area contributed by atoms with E-state index in [1.165, 1.54) is 12.0 Å². The second kappa shape index (κ2) is 6.86. The van der Waals surface area contributed by atoms with Gasteiger partial charge in [0.1, 0.15) is 0 Å². The Kier molecular flexibility index (Phi) is 4.88. The highest BCUT2D eigenvalue weighted by Crippen LogP contribution is 2.39. The lowest BCUT2D eigenvalue weighted by molar-refractivity contribution is -0.0451. The number of likely N-dealkylation sites (tertiary alicyclic amines) is 1. The second-order valence-corrected chi connectivity index (χ2v) is 6.48. The molecule has 4 heteroatoms. The molecule has 1 aromatic rings. The van der Waals surface area contributed by atoms with Crippen molar-refractivity contribution in [2.24, 2.45) is 5.92 Å². The van der Waals surface area contributed by atoms with E-state index < -0.39 is 0 Å². The molecule has 2 aliphatic rings. The van der Waals surface area contributed by atoms with Crippen LogP contribution in [0.4, 0.5) is 0 Å². The number of rotatable bonds is 5. The quantitative estimate of drug-likeness (QED) is 0.834. The summed E-state index contributed by atoms with van der Waals surface area (Å²) in [6.45, 7) is 5.05. The van der Waals surface area contributed by atoms with Gasteiger partial charge in [0.15, 0.2) is 0 Å². The predicted octanol–water partition coefficient (Wildman–Crippen LogP) is 2.49. The van der Waals surface area contributed by atoms with E-state index in [1.54, 1.807) is 7.11 Å². The maximum atomic E-state index is 6.20. The van der Waals surface area contributed by atoms with Crippen molar-refractivity contribution in [3.63, 3.8) is 0 Å². The fraction of sp³-hybridized carbons (Fsp3) is 0.706. The topological polar surface area (TPSA) is 34.6 Å². The van der Waals surface area contributed by atoms with Crippen molar-refractivity contribution in [3.05, 3.63) is 30.1 Å². The van der Waals surface area contributed by atoms with Gasteiger partial charge in [-0.1, -0.05) is 6.07 Å². The Hall–Kier alpha value is -0.970. The molecule has 1 spiro atoms. The number of aromatic nitrogens is 1. The van der Waals surface area contributed by atoms with E-state index in [0.29, 0.717) is 5.92 Å². The molecule has 0 amide bonds. The Morgan fingerprint density at radius 2 is 2.29 bits per heavy atom. The van der Waals surface area contributed by atoms with Crippen molar-refractivity contribution in [2.45, 2.75) is 37.8 Å². The molecule has 116 valence electrons. The van der Waals surface area contributed by atoms with Gasteiger partial charge in [-0.05, 0) is 43.2 Å². The minimum atomic E-state index is 0.157. The Labute approximate surface area is 127 Å². The van der Waals surface area contributed by atoms with Crippen LogP contribution in [0.2, 0.25) is 0 Å². The number of piperidine rings is 1. The Bertz CT molecular complexity index is 430. The third-order valence-electron chi connectivity index (χ3n) is 4.91. The molecule has 21 heavy (non-hydrogen) atoms. The first-order valence-electron chi connectivity index (χ1n) is 8.04. The van der Waals surface area contributed by atoms with Gasteiger partial charge < -0.3 is 9.47 Å². The highest BCUT2D eigenvalue weighted by Gasteiger charge is 2.42. The molecule has 3 heterocycles. The molecular weight excluding hydrogens is 264 g/mol. The van der Waals surface area contributed by atoms with Gasteiger partial charge in [0.25, 0.3) is 0 Å². The first kappa shape index (κ1) is 14.9. The van der Waals surface area contributed by atoms with Crippen LogP contribution in [0.1, 0.15) is 31.2 Å². The molecule has 0 aromatic carbocycles. The molecule has 3 rings (SSSR count). The Morgan fingerprint density at radius 3 is 3.00 bits per heavy atom. The zero-order chi connectivity index (χ0) is 14.5. The number of nitrogens with zero attached hydrogens (tertiary/aromatic N) is 2. The van der Waals surface area contributed by atoms with Gasteiger partial charge in [0.05, 0.1) is 12.2 Å². The molecule has 0 radical (unpaired) electrons. The summed E-state index contributed by atoms with van der Waals surface area (Å²) in [4.78, 5) is 6.72. The molecule has 1 unspecified atom stereocenters. The van der Waals surface area contributed by atoms with Gasteiger partial charge >= 0.3 is 0 Å². The number of methoxy groups -OCH3 is 1. The van der Waals surface area contributed by atoms with E-state index >= 15 is 0 Å².